The van der Waals surface area contributed by atoms with Gasteiger partial charge in [-0.1, -0.05) is 6.07 Å². The SMILES string of the molecule is Cc1c(Nc2c(C#N)cncc2/C=C/c2ccc(CN3CCN(C(C)C)CC3)cn2)ccc2[nH]ccc12. The van der Waals surface area contributed by atoms with E-state index in [1.54, 1.807) is 12.4 Å². The van der Waals surface area contributed by atoms with Crippen molar-refractivity contribution in [1.29, 1.82) is 5.26 Å². The molecule has 0 aliphatic carbocycles. The molecule has 0 bridgehead atoms. The van der Waals surface area contributed by atoms with Crippen molar-refractivity contribution in [3.8, 4) is 6.07 Å². The molecule has 188 valence electrons. The number of benzene rings is 1. The smallest absolute Gasteiger partial charge is 0.103 e. The third-order valence-corrected chi connectivity index (χ3v) is 7.18. The van der Waals surface area contributed by atoms with Gasteiger partial charge in [-0.3, -0.25) is 19.8 Å². The molecule has 0 unspecified atom stereocenters. The Morgan fingerprint density at radius 3 is 2.62 bits per heavy atom. The molecule has 7 nitrogen and oxygen atoms in total. The van der Waals surface area contributed by atoms with E-state index in [1.807, 2.05) is 36.7 Å². The van der Waals surface area contributed by atoms with Crippen LogP contribution in [0, 0.1) is 18.3 Å². The van der Waals surface area contributed by atoms with E-state index < -0.39 is 0 Å². The Kier molecular flexibility index (Phi) is 7.31. The number of hydrogen-bond acceptors (Lipinski definition) is 6. The van der Waals surface area contributed by atoms with Crippen LogP contribution in [-0.4, -0.2) is 57.0 Å². The molecule has 1 aliphatic rings. The maximum absolute atomic E-state index is 9.74. The van der Waals surface area contributed by atoms with Crippen molar-refractivity contribution >= 4 is 34.4 Å². The molecule has 37 heavy (non-hydrogen) atoms. The first kappa shape index (κ1) is 24.7. The Morgan fingerprint density at radius 1 is 1.05 bits per heavy atom. The highest BCUT2D eigenvalue weighted by Crippen LogP contribution is 2.31. The van der Waals surface area contributed by atoms with E-state index in [4.69, 9.17) is 0 Å². The van der Waals surface area contributed by atoms with Crippen molar-refractivity contribution in [3.63, 3.8) is 0 Å². The van der Waals surface area contributed by atoms with Gasteiger partial charge in [0.15, 0.2) is 0 Å². The summed E-state index contributed by atoms with van der Waals surface area (Å²) in [5.74, 6) is 0. The number of aryl methyl sites for hydroxylation is 1. The van der Waals surface area contributed by atoms with Gasteiger partial charge in [-0.25, -0.2) is 0 Å². The lowest BCUT2D eigenvalue weighted by Crippen LogP contribution is -2.48. The Bertz CT molecular complexity index is 1440. The topological polar surface area (TPSA) is 83.9 Å². The fourth-order valence-corrected chi connectivity index (χ4v) is 4.88. The lowest BCUT2D eigenvalue weighted by molar-refractivity contribution is 0.104. The summed E-state index contributed by atoms with van der Waals surface area (Å²) in [4.78, 5) is 17.2. The van der Waals surface area contributed by atoms with Gasteiger partial charge < -0.3 is 10.3 Å². The van der Waals surface area contributed by atoms with Gasteiger partial charge in [0.25, 0.3) is 0 Å². The molecule has 5 rings (SSSR count). The molecule has 0 atom stereocenters. The van der Waals surface area contributed by atoms with Gasteiger partial charge in [0.2, 0.25) is 0 Å². The first-order valence-corrected chi connectivity index (χ1v) is 12.8. The molecule has 0 saturated carbocycles. The molecule has 1 aliphatic heterocycles. The van der Waals surface area contributed by atoms with Crippen molar-refractivity contribution in [3.05, 3.63) is 83.1 Å². The molecular formula is C30H33N7. The predicted octanol–water partition coefficient (Wildman–Crippen LogP) is 5.58. The highest BCUT2D eigenvalue weighted by atomic mass is 15.3. The second-order valence-electron chi connectivity index (χ2n) is 9.90. The van der Waals surface area contributed by atoms with Crippen molar-refractivity contribution in [2.45, 2.75) is 33.4 Å². The highest BCUT2D eigenvalue weighted by molar-refractivity contribution is 5.90. The van der Waals surface area contributed by atoms with Crippen molar-refractivity contribution in [1.82, 2.24) is 24.8 Å². The molecule has 1 fully saturated rings. The van der Waals surface area contributed by atoms with Gasteiger partial charge in [0, 0.05) is 85.7 Å². The molecule has 0 radical (unpaired) electrons. The lowest BCUT2D eigenvalue weighted by atomic mass is 10.1. The third kappa shape index (κ3) is 5.56. The number of nitrogens with zero attached hydrogens (tertiary/aromatic N) is 5. The molecule has 0 amide bonds. The average Bonchev–Trinajstić information content (AvgIpc) is 3.40. The summed E-state index contributed by atoms with van der Waals surface area (Å²) in [7, 11) is 0. The number of fused-ring (bicyclic) bond motifs is 1. The molecule has 4 heterocycles. The fraction of sp³-hybridized carbons (Fsp3) is 0.300. The number of piperazine rings is 1. The second kappa shape index (κ2) is 11.0. The summed E-state index contributed by atoms with van der Waals surface area (Å²) in [6.45, 7) is 12.0. The highest BCUT2D eigenvalue weighted by Gasteiger charge is 2.18. The fourth-order valence-electron chi connectivity index (χ4n) is 4.88. The normalized spacial score (nSPS) is 15.0. The first-order chi connectivity index (χ1) is 18.0. The number of pyridine rings is 2. The van der Waals surface area contributed by atoms with Crippen LogP contribution in [0.25, 0.3) is 23.1 Å². The van der Waals surface area contributed by atoms with E-state index in [2.05, 4.69) is 75.1 Å². The number of aromatic amines is 1. The Balaban J connectivity index is 1.30. The molecule has 3 aromatic heterocycles. The standard InChI is InChI=1S/C30H33N7/c1-21(2)37-14-12-36(13-15-37)20-23-4-6-26(34-17-23)7-5-24-18-32-19-25(16-31)30(24)35-28-8-9-29-27(22(28)3)10-11-33-29/h4-11,17-19,21,33H,12-15,20H2,1-3H3,(H,32,35)/b7-5+. The van der Waals surface area contributed by atoms with E-state index in [0.29, 0.717) is 11.6 Å². The summed E-state index contributed by atoms with van der Waals surface area (Å²) in [5, 5.41) is 14.4. The van der Waals surface area contributed by atoms with E-state index in [0.717, 1.165) is 71.8 Å². The summed E-state index contributed by atoms with van der Waals surface area (Å²) in [6, 6.07) is 13.2. The van der Waals surface area contributed by atoms with E-state index in [1.165, 1.54) is 5.56 Å². The molecule has 2 N–H and O–H groups in total. The molecule has 7 heteroatoms. The number of nitriles is 1. The van der Waals surface area contributed by atoms with E-state index in [-0.39, 0.29) is 0 Å². The maximum atomic E-state index is 9.74. The minimum absolute atomic E-state index is 0.497. The summed E-state index contributed by atoms with van der Waals surface area (Å²) in [6.07, 6.45) is 11.2. The van der Waals surface area contributed by atoms with Gasteiger partial charge in [-0.2, -0.15) is 5.26 Å². The minimum atomic E-state index is 0.497. The molecule has 1 saturated heterocycles. The molecular weight excluding hydrogens is 458 g/mol. The Hall–Kier alpha value is -3.99. The van der Waals surface area contributed by atoms with Gasteiger partial charge in [0.05, 0.1) is 16.9 Å². The molecule has 4 aromatic rings. The van der Waals surface area contributed by atoms with Gasteiger partial charge in [0.1, 0.15) is 6.07 Å². The number of nitrogens with one attached hydrogen (secondary N) is 2. The van der Waals surface area contributed by atoms with Crippen LogP contribution in [-0.2, 0) is 6.54 Å². The van der Waals surface area contributed by atoms with Gasteiger partial charge in [-0.05, 0) is 68.3 Å². The number of anilines is 2. The van der Waals surface area contributed by atoms with Crippen LogP contribution < -0.4 is 5.32 Å². The van der Waals surface area contributed by atoms with Crippen LogP contribution in [0.3, 0.4) is 0 Å². The zero-order valence-electron chi connectivity index (χ0n) is 21.7. The average molecular weight is 492 g/mol. The summed E-state index contributed by atoms with van der Waals surface area (Å²) >= 11 is 0. The lowest BCUT2D eigenvalue weighted by Gasteiger charge is -2.36. The quantitative estimate of drug-likeness (QED) is 0.351. The Morgan fingerprint density at radius 2 is 1.89 bits per heavy atom. The van der Waals surface area contributed by atoms with Crippen molar-refractivity contribution in [2.75, 3.05) is 31.5 Å². The van der Waals surface area contributed by atoms with E-state index in [9.17, 15) is 5.26 Å². The van der Waals surface area contributed by atoms with Crippen LogP contribution in [0.1, 0.15) is 41.8 Å². The number of hydrogen-bond donors (Lipinski definition) is 2. The Labute approximate surface area is 218 Å². The van der Waals surface area contributed by atoms with Crippen LogP contribution in [0.5, 0.6) is 0 Å². The van der Waals surface area contributed by atoms with Gasteiger partial charge in [-0.15, -0.1) is 0 Å². The molecule has 1 aromatic carbocycles. The molecule has 0 spiro atoms. The third-order valence-electron chi connectivity index (χ3n) is 7.18. The minimum Gasteiger partial charge on any atom is -0.361 e. The van der Waals surface area contributed by atoms with Gasteiger partial charge >= 0.3 is 0 Å². The van der Waals surface area contributed by atoms with Crippen molar-refractivity contribution < 1.29 is 0 Å². The summed E-state index contributed by atoms with van der Waals surface area (Å²) in [5.41, 5.74) is 7.33. The van der Waals surface area contributed by atoms with Crippen molar-refractivity contribution in [2.24, 2.45) is 0 Å². The number of rotatable bonds is 7. The van der Waals surface area contributed by atoms with Crippen LogP contribution in [0.4, 0.5) is 11.4 Å². The van der Waals surface area contributed by atoms with E-state index >= 15 is 0 Å². The zero-order valence-corrected chi connectivity index (χ0v) is 21.7. The zero-order chi connectivity index (χ0) is 25.8. The van der Waals surface area contributed by atoms with Crippen LogP contribution in [0.2, 0.25) is 0 Å². The monoisotopic (exact) mass is 491 g/mol. The maximum Gasteiger partial charge on any atom is 0.103 e. The first-order valence-electron chi connectivity index (χ1n) is 12.8. The predicted molar refractivity (Wildman–Crippen MR) is 150 cm³/mol. The van der Waals surface area contributed by atoms with Crippen LogP contribution >= 0.6 is 0 Å². The number of H-pyrrole nitrogens is 1. The number of aromatic nitrogens is 3. The summed E-state index contributed by atoms with van der Waals surface area (Å²) < 4.78 is 0. The second-order valence-corrected chi connectivity index (χ2v) is 9.90. The van der Waals surface area contributed by atoms with Crippen LogP contribution in [0.15, 0.2) is 55.1 Å². The largest absolute Gasteiger partial charge is 0.361 e.